The Morgan fingerprint density at radius 1 is 1.40 bits per heavy atom. The number of sulfonamides is 1. The van der Waals surface area contributed by atoms with Crippen molar-refractivity contribution in [3.05, 3.63) is 29.8 Å². The van der Waals surface area contributed by atoms with Gasteiger partial charge in [0.2, 0.25) is 16.0 Å². The van der Waals surface area contributed by atoms with Crippen LogP contribution in [0.3, 0.4) is 0 Å². The molecule has 7 nitrogen and oxygen atoms in total. The van der Waals surface area contributed by atoms with Crippen LogP contribution in [0.1, 0.15) is 5.56 Å². The zero-order valence-corrected chi connectivity index (χ0v) is 12.3. The molecule has 8 heteroatoms. The van der Waals surface area contributed by atoms with Crippen molar-refractivity contribution in [2.24, 2.45) is 4.99 Å². The summed E-state index contributed by atoms with van der Waals surface area (Å²) in [7, 11) is -1.65. The standard InChI is InChI=1S/C12H18N4O3S/c1-19-11-5-3-10(4-6-11)7-16-8-13-12(14-9-16)15-20(2,17)18/h3-6H,7-9H2,1-2H3,(H2,13,14,15). The summed E-state index contributed by atoms with van der Waals surface area (Å²) in [5.41, 5.74) is 1.14. The quantitative estimate of drug-likeness (QED) is 0.812. The van der Waals surface area contributed by atoms with Crippen LogP contribution >= 0.6 is 0 Å². The largest absolute Gasteiger partial charge is 0.497 e. The van der Waals surface area contributed by atoms with E-state index in [0.717, 1.165) is 24.1 Å². The lowest BCUT2D eigenvalue weighted by Crippen LogP contribution is -2.49. The molecule has 0 aromatic heterocycles. The summed E-state index contributed by atoms with van der Waals surface area (Å²) in [6, 6.07) is 7.80. The molecule has 1 aromatic rings. The van der Waals surface area contributed by atoms with Crippen LogP contribution in [0.25, 0.3) is 0 Å². The van der Waals surface area contributed by atoms with Crippen LogP contribution in [0.5, 0.6) is 5.75 Å². The maximum Gasteiger partial charge on any atom is 0.232 e. The van der Waals surface area contributed by atoms with Gasteiger partial charge in [-0.3, -0.25) is 9.62 Å². The molecule has 1 aliphatic heterocycles. The molecule has 0 saturated carbocycles. The molecule has 2 N–H and O–H groups in total. The molecule has 0 bridgehead atoms. The fourth-order valence-corrected chi connectivity index (χ4v) is 2.29. The minimum absolute atomic E-state index is 0.290. The summed E-state index contributed by atoms with van der Waals surface area (Å²) in [5, 5.41) is 2.93. The third-order valence-corrected chi connectivity index (χ3v) is 3.31. The second-order valence-electron chi connectivity index (χ2n) is 4.53. The molecule has 0 fully saturated rings. The van der Waals surface area contributed by atoms with Gasteiger partial charge in [-0.05, 0) is 17.7 Å². The van der Waals surface area contributed by atoms with Crippen LogP contribution < -0.4 is 14.8 Å². The maximum absolute atomic E-state index is 11.1. The highest BCUT2D eigenvalue weighted by molar-refractivity contribution is 7.89. The molecule has 1 aromatic carbocycles. The third kappa shape index (κ3) is 4.39. The molecule has 0 atom stereocenters. The van der Waals surface area contributed by atoms with Gasteiger partial charge in [-0.2, -0.15) is 0 Å². The summed E-state index contributed by atoms with van der Waals surface area (Å²) < 4.78 is 29.6. The van der Waals surface area contributed by atoms with Crippen molar-refractivity contribution in [1.82, 2.24) is 14.9 Å². The molecule has 0 aliphatic carbocycles. The van der Waals surface area contributed by atoms with Crippen molar-refractivity contribution in [2.75, 3.05) is 26.7 Å². The molecular formula is C12H18N4O3S. The van der Waals surface area contributed by atoms with E-state index in [2.05, 4.69) is 19.9 Å². The first-order chi connectivity index (χ1) is 9.46. The van der Waals surface area contributed by atoms with E-state index in [4.69, 9.17) is 4.74 Å². The lowest BCUT2D eigenvalue weighted by atomic mass is 10.2. The van der Waals surface area contributed by atoms with E-state index in [1.54, 1.807) is 7.11 Å². The molecule has 0 unspecified atom stereocenters. The van der Waals surface area contributed by atoms with E-state index < -0.39 is 10.0 Å². The van der Waals surface area contributed by atoms with Gasteiger partial charge >= 0.3 is 0 Å². The molecule has 2 rings (SSSR count). The maximum atomic E-state index is 11.1. The number of methoxy groups -OCH3 is 1. The zero-order valence-electron chi connectivity index (χ0n) is 11.5. The summed E-state index contributed by atoms with van der Waals surface area (Å²) in [4.78, 5) is 6.19. The number of nitrogens with one attached hydrogen (secondary N) is 2. The molecule has 20 heavy (non-hydrogen) atoms. The van der Waals surface area contributed by atoms with Gasteiger partial charge in [-0.1, -0.05) is 12.1 Å². The Kier molecular flexibility index (Phi) is 4.46. The first kappa shape index (κ1) is 14.6. The van der Waals surface area contributed by atoms with Crippen LogP contribution in [0, 0.1) is 0 Å². The van der Waals surface area contributed by atoms with E-state index in [9.17, 15) is 8.42 Å². The number of hydrogen-bond acceptors (Lipinski definition) is 6. The van der Waals surface area contributed by atoms with Crippen molar-refractivity contribution >= 4 is 16.0 Å². The number of aliphatic imine (C=N–C) groups is 1. The van der Waals surface area contributed by atoms with Gasteiger partial charge in [0.05, 0.1) is 26.7 Å². The van der Waals surface area contributed by atoms with Gasteiger partial charge in [-0.15, -0.1) is 0 Å². The van der Waals surface area contributed by atoms with E-state index >= 15 is 0 Å². The average molecular weight is 298 g/mol. The van der Waals surface area contributed by atoms with Crippen LogP contribution in [0.2, 0.25) is 0 Å². The monoisotopic (exact) mass is 298 g/mol. The van der Waals surface area contributed by atoms with Gasteiger partial charge < -0.3 is 10.1 Å². The molecule has 0 spiro atoms. The lowest BCUT2D eigenvalue weighted by Gasteiger charge is -2.26. The molecule has 1 heterocycles. The number of hydrogen-bond donors (Lipinski definition) is 2. The normalized spacial score (nSPS) is 16.2. The predicted molar refractivity (Wildman–Crippen MR) is 76.8 cm³/mol. The summed E-state index contributed by atoms with van der Waals surface area (Å²) in [5.74, 6) is 1.11. The number of ether oxygens (including phenoxy) is 1. The second-order valence-corrected chi connectivity index (χ2v) is 6.28. The van der Waals surface area contributed by atoms with Crippen LogP contribution in [0.4, 0.5) is 0 Å². The third-order valence-electron chi connectivity index (χ3n) is 2.75. The van der Waals surface area contributed by atoms with Gasteiger partial charge in [0.25, 0.3) is 0 Å². The molecule has 110 valence electrons. The summed E-state index contributed by atoms with van der Waals surface area (Å²) in [6.45, 7) is 1.71. The Bertz CT molecular complexity index is 583. The molecule has 0 radical (unpaired) electrons. The van der Waals surface area contributed by atoms with Crippen LogP contribution in [-0.4, -0.2) is 46.0 Å². The van der Waals surface area contributed by atoms with Gasteiger partial charge in [0.15, 0.2) is 0 Å². The highest BCUT2D eigenvalue weighted by Gasteiger charge is 2.14. The van der Waals surface area contributed by atoms with Gasteiger partial charge in [-0.25, -0.2) is 13.4 Å². The minimum atomic E-state index is -3.28. The topological polar surface area (TPSA) is 83.0 Å². The smallest absolute Gasteiger partial charge is 0.232 e. The number of benzene rings is 1. The number of rotatable bonds is 4. The molecule has 0 amide bonds. The summed E-state index contributed by atoms with van der Waals surface area (Å²) >= 11 is 0. The van der Waals surface area contributed by atoms with Crippen LogP contribution in [-0.2, 0) is 16.6 Å². The first-order valence-corrected chi connectivity index (χ1v) is 7.97. The molecule has 1 aliphatic rings. The highest BCUT2D eigenvalue weighted by Crippen LogP contribution is 2.13. The fourth-order valence-electron chi connectivity index (χ4n) is 1.80. The van der Waals surface area contributed by atoms with Crippen molar-refractivity contribution in [3.8, 4) is 5.75 Å². The van der Waals surface area contributed by atoms with Crippen molar-refractivity contribution in [3.63, 3.8) is 0 Å². The molecular weight excluding hydrogens is 280 g/mol. The predicted octanol–water partition coefficient (Wildman–Crippen LogP) is -0.0794. The lowest BCUT2D eigenvalue weighted by molar-refractivity contribution is 0.255. The summed E-state index contributed by atoms with van der Waals surface area (Å²) in [6.07, 6.45) is 1.10. The first-order valence-electron chi connectivity index (χ1n) is 6.08. The van der Waals surface area contributed by atoms with E-state index in [-0.39, 0.29) is 0 Å². The zero-order chi connectivity index (χ0) is 14.6. The van der Waals surface area contributed by atoms with E-state index in [1.807, 2.05) is 24.3 Å². The van der Waals surface area contributed by atoms with Gasteiger partial charge in [0, 0.05) is 6.54 Å². The fraction of sp³-hybridized carbons (Fsp3) is 0.417. The van der Waals surface area contributed by atoms with E-state index in [0.29, 0.717) is 19.3 Å². The van der Waals surface area contributed by atoms with Crippen molar-refractivity contribution < 1.29 is 13.2 Å². The highest BCUT2D eigenvalue weighted by atomic mass is 32.2. The Morgan fingerprint density at radius 2 is 2.10 bits per heavy atom. The van der Waals surface area contributed by atoms with Crippen molar-refractivity contribution in [2.45, 2.75) is 6.54 Å². The molecule has 0 saturated heterocycles. The Hall–Kier alpha value is -1.80. The number of nitrogens with zero attached hydrogens (tertiary/aromatic N) is 2. The van der Waals surface area contributed by atoms with Crippen molar-refractivity contribution in [1.29, 1.82) is 0 Å². The Labute approximate surface area is 118 Å². The SMILES string of the molecule is COc1ccc(CN2CN=C(NS(C)(=O)=O)NC2)cc1. The second kappa shape index (κ2) is 6.10. The Morgan fingerprint density at radius 3 is 2.60 bits per heavy atom. The van der Waals surface area contributed by atoms with Crippen LogP contribution in [0.15, 0.2) is 29.3 Å². The number of guanidine groups is 1. The van der Waals surface area contributed by atoms with E-state index in [1.165, 1.54) is 0 Å². The van der Waals surface area contributed by atoms with Gasteiger partial charge in [0.1, 0.15) is 5.75 Å². The average Bonchev–Trinajstić information content (AvgIpc) is 2.40. The minimum Gasteiger partial charge on any atom is -0.497 e. The Balaban J connectivity index is 1.90.